The van der Waals surface area contributed by atoms with Crippen molar-refractivity contribution in [2.24, 2.45) is 0 Å². The third-order valence-corrected chi connectivity index (χ3v) is 4.28. The molecule has 0 bridgehead atoms. The highest BCUT2D eigenvalue weighted by molar-refractivity contribution is 5.94. The molecule has 1 unspecified atom stereocenters. The quantitative estimate of drug-likeness (QED) is 0.573. The molecule has 2 amide bonds. The highest BCUT2D eigenvalue weighted by atomic mass is 16.5. The summed E-state index contributed by atoms with van der Waals surface area (Å²) in [7, 11) is 0. The largest absolute Gasteiger partial charge is 0.488 e. The van der Waals surface area contributed by atoms with Crippen molar-refractivity contribution in [1.29, 1.82) is 0 Å². The fraction of sp³-hybridized carbons (Fsp3) is 0.389. The van der Waals surface area contributed by atoms with Crippen molar-refractivity contribution in [2.45, 2.75) is 19.4 Å². The lowest BCUT2D eigenvalue weighted by atomic mass is 10.1. The number of ether oxygens (including phenoxy) is 1. The van der Waals surface area contributed by atoms with Crippen LogP contribution >= 0.6 is 0 Å². The maximum atomic E-state index is 12.1. The maximum Gasteiger partial charge on any atom is 0.252 e. The fourth-order valence-electron chi connectivity index (χ4n) is 2.86. The molecule has 2 aliphatic heterocycles. The van der Waals surface area contributed by atoms with E-state index in [0.717, 1.165) is 12.1 Å². The number of aliphatic hydroxyl groups is 1. The monoisotopic (exact) mass is 358 g/mol. The number of allylic oxidation sites excluding steroid dienone is 1. The van der Waals surface area contributed by atoms with Gasteiger partial charge in [0.15, 0.2) is 11.6 Å². The van der Waals surface area contributed by atoms with Crippen LogP contribution in [0.1, 0.15) is 23.7 Å². The summed E-state index contributed by atoms with van der Waals surface area (Å²) in [6.45, 7) is 3.48. The zero-order valence-electron chi connectivity index (χ0n) is 14.6. The molecule has 1 aromatic rings. The van der Waals surface area contributed by atoms with E-state index in [1.54, 1.807) is 17.2 Å². The summed E-state index contributed by atoms with van der Waals surface area (Å²) >= 11 is 0. The lowest BCUT2D eigenvalue weighted by Gasteiger charge is -2.34. The van der Waals surface area contributed by atoms with Crippen LogP contribution in [0.2, 0.25) is 0 Å². The Morgan fingerprint density at radius 1 is 1.54 bits per heavy atom. The minimum absolute atomic E-state index is 0.0311. The summed E-state index contributed by atoms with van der Waals surface area (Å²) < 4.78 is 5.69. The molecule has 8 nitrogen and oxygen atoms in total. The molecule has 0 saturated carbocycles. The smallest absolute Gasteiger partial charge is 0.252 e. The predicted molar refractivity (Wildman–Crippen MR) is 95.7 cm³/mol. The molecule has 0 radical (unpaired) electrons. The Balaban J connectivity index is 1.80. The molecule has 0 aromatic carbocycles. The van der Waals surface area contributed by atoms with Crippen molar-refractivity contribution in [1.82, 2.24) is 15.2 Å². The Labute approximate surface area is 151 Å². The maximum absolute atomic E-state index is 12.1. The van der Waals surface area contributed by atoms with Crippen molar-refractivity contribution in [2.75, 3.05) is 31.2 Å². The number of aromatic nitrogens is 1. The van der Waals surface area contributed by atoms with Crippen LogP contribution in [0.3, 0.4) is 0 Å². The van der Waals surface area contributed by atoms with Crippen LogP contribution in [-0.4, -0.2) is 59.7 Å². The van der Waals surface area contributed by atoms with Gasteiger partial charge in [0.2, 0.25) is 6.41 Å². The highest BCUT2D eigenvalue weighted by Crippen LogP contribution is 2.33. The molecule has 1 aromatic heterocycles. The number of anilines is 1. The molecule has 0 saturated heterocycles. The van der Waals surface area contributed by atoms with Crippen LogP contribution in [0.15, 0.2) is 36.3 Å². The van der Waals surface area contributed by atoms with Gasteiger partial charge in [0.25, 0.3) is 5.91 Å². The summed E-state index contributed by atoms with van der Waals surface area (Å²) in [5, 5.41) is 11.5. The average Bonchev–Trinajstić information content (AvgIpc) is 2.67. The van der Waals surface area contributed by atoms with E-state index in [9.17, 15) is 9.59 Å². The van der Waals surface area contributed by atoms with Gasteiger partial charge in [-0.25, -0.2) is 4.98 Å². The van der Waals surface area contributed by atoms with Crippen molar-refractivity contribution >= 4 is 18.1 Å². The zero-order chi connectivity index (χ0) is 18.5. The van der Waals surface area contributed by atoms with Gasteiger partial charge in [-0.2, -0.15) is 0 Å². The molecule has 0 spiro atoms. The van der Waals surface area contributed by atoms with Crippen LogP contribution in [0.5, 0.6) is 5.75 Å². The lowest BCUT2D eigenvalue weighted by molar-refractivity contribution is -0.116. The van der Waals surface area contributed by atoms with E-state index in [4.69, 9.17) is 9.84 Å². The first-order chi connectivity index (χ1) is 12.6. The fourth-order valence-corrected chi connectivity index (χ4v) is 2.86. The number of carbonyl (C=O) groups is 2. The van der Waals surface area contributed by atoms with Gasteiger partial charge in [-0.3, -0.25) is 9.59 Å². The molecule has 2 N–H and O–H groups in total. The summed E-state index contributed by atoms with van der Waals surface area (Å²) in [5.41, 5.74) is 1.35. The Hall–Kier alpha value is -2.87. The van der Waals surface area contributed by atoms with Crippen LogP contribution in [0, 0.1) is 0 Å². The van der Waals surface area contributed by atoms with Gasteiger partial charge < -0.3 is 25.0 Å². The number of amides is 2. The number of aliphatic hydroxyl groups excluding tert-OH is 1. The molecular weight excluding hydrogens is 336 g/mol. The predicted octanol–water partition coefficient (Wildman–Crippen LogP) is 0.651. The molecule has 3 heterocycles. The van der Waals surface area contributed by atoms with Gasteiger partial charge in [0, 0.05) is 31.2 Å². The van der Waals surface area contributed by atoms with Crippen LogP contribution in [0.4, 0.5) is 5.82 Å². The Morgan fingerprint density at radius 3 is 3.12 bits per heavy atom. The molecule has 138 valence electrons. The van der Waals surface area contributed by atoms with Gasteiger partial charge in [-0.15, -0.1) is 0 Å². The number of pyridine rings is 1. The van der Waals surface area contributed by atoms with Crippen molar-refractivity contribution < 1.29 is 19.4 Å². The van der Waals surface area contributed by atoms with Crippen LogP contribution in [-0.2, 0) is 4.79 Å². The second kappa shape index (κ2) is 8.01. The second-order valence-corrected chi connectivity index (χ2v) is 6.08. The number of nitrogens with zero attached hydrogens (tertiary/aromatic N) is 3. The van der Waals surface area contributed by atoms with Gasteiger partial charge in [0.1, 0.15) is 6.61 Å². The first kappa shape index (κ1) is 17.9. The summed E-state index contributed by atoms with van der Waals surface area (Å²) in [4.78, 5) is 31.2. The van der Waals surface area contributed by atoms with E-state index < -0.39 is 0 Å². The molecule has 26 heavy (non-hydrogen) atoms. The number of fused-ring (bicyclic) bond motifs is 1. The van der Waals surface area contributed by atoms with E-state index in [2.05, 4.69) is 10.3 Å². The van der Waals surface area contributed by atoms with Crippen molar-refractivity contribution in [3.63, 3.8) is 0 Å². The molecule has 1 atom stereocenters. The van der Waals surface area contributed by atoms with E-state index in [0.29, 0.717) is 43.2 Å². The number of hydrogen-bond acceptors (Lipinski definition) is 6. The standard InChI is InChI=1S/C18H22N4O4/c1-13-9-15(3-5-21(13)12-24)22-6-8-26-16-10-14(11-20-17(16)22)18(25)19-4-2-7-23/h3,5,9-13,23H,2,4,6-8H2,1H3,(H,19,25). The molecule has 2 aliphatic rings. The third-order valence-electron chi connectivity index (χ3n) is 4.28. The SMILES string of the molecule is CC1C=C(N2CCOc3cc(C(=O)NCCCO)cnc32)C=CN1C=O. The van der Waals surface area contributed by atoms with Gasteiger partial charge in [0.05, 0.1) is 18.2 Å². The Morgan fingerprint density at radius 2 is 2.38 bits per heavy atom. The number of hydrogen-bond donors (Lipinski definition) is 2. The molecule has 3 rings (SSSR count). The molecule has 0 fully saturated rings. The summed E-state index contributed by atoms with van der Waals surface area (Å²) in [6.07, 6.45) is 8.40. The normalized spacial score (nSPS) is 18.7. The first-order valence-electron chi connectivity index (χ1n) is 8.56. The third kappa shape index (κ3) is 3.70. The Bertz CT molecular complexity index is 747. The van der Waals surface area contributed by atoms with E-state index in [1.165, 1.54) is 6.20 Å². The zero-order valence-corrected chi connectivity index (χ0v) is 14.6. The van der Waals surface area contributed by atoms with Gasteiger partial charge in [-0.1, -0.05) is 0 Å². The van der Waals surface area contributed by atoms with Gasteiger partial charge in [-0.05, 0) is 31.6 Å². The molecule has 0 aliphatic carbocycles. The summed E-state index contributed by atoms with van der Waals surface area (Å²) in [5.74, 6) is 0.943. The van der Waals surface area contributed by atoms with E-state index in [1.807, 2.05) is 24.0 Å². The number of carbonyl (C=O) groups excluding carboxylic acids is 2. The highest BCUT2D eigenvalue weighted by Gasteiger charge is 2.25. The minimum Gasteiger partial charge on any atom is -0.488 e. The van der Waals surface area contributed by atoms with Crippen LogP contribution < -0.4 is 15.0 Å². The van der Waals surface area contributed by atoms with Crippen molar-refractivity contribution in [3.8, 4) is 5.75 Å². The van der Waals surface area contributed by atoms with Crippen molar-refractivity contribution in [3.05, 3.63) is 41.9 Å². The topological polar surface area (TPSA) is 95.0 Å². The molecule has 8 heteroatoms. The second-order valence-electron chi connectivity index (χ2n) is 6.08. The first-order valence-corrected chi connectivity index (χ1v) is 8.56. The number of rotatable bonds is 6. The minimum atomic E-state index is -0.249. The lowest BCUT2D eigenvalue weighted by Crippen LogP contribution is -2.36. The molecular formula is C18H22N4O4. The van der Waals surface area contributed by atoms with E-state index in [-0.39, 0.29) is 18.6 Å². The Kier molecular flexibility index (Phi) is 5.52. The number of nitrogens with one attached hydrogen (secondary N) is 1. The summed E-state index contributed by atoms with van der Waals surface area (Å²) in [6, 6.07) is 1.63. The van der Waals surface area contributed by atoms with Gasteiger partial charge >= 0.3 is 0 Å². The average molecular weight is 358 g/mol. The van der Waals surface area contributed by atoms with E-state index >= 15 is 0 Å². The van der Waals surface area contributed by atoms with Crippen LogP contribution in [0.25, 0.3) is 0 Å².